The van der Waals surface area contributed by atoms with Crippen molar-refractivity contribution in [1.82, 2.24) is 5.32 Å². The van der Waals surface area contributed by atoms with Crippen molar-refractivity contribution in [1.29, 1.82) is 0 Å². The van der Waals surface area contributed by atoms with Crippen molar-refractivity contribution >= 4 is 22.8 Å². The molecule has 2 aromatic rings. The van der Waals surface area contributed by atoms with Crippen LogP contribution in [-0.4, -0.2) is 30.1 Å². The van der Waals surface area contributed by atoms with Gasteiger partial charge < -0.3 is 19.6 Å². The molecule has 0 aliphatic heterocycles. The van der Waals surface area contributed by atoms with E-state index >= 15 is 0 Å². The van der Waals surface area contributed by atoms with Crippen molar-refractivity contribution in [2.24, 2.45) is 0 Å². The molecule has 7 heteroatoms. The Labute approximate surface area is 157 Å². The average Bonchev–Trinajstić information content (AvgIpc) is 2.62. The number of hydrogen-bond acceptors (Lipinski definition) is 5. The molecule has 0 saturated heterocycles. The van der Waals surface area contributed by atoms with Gasteiger partial charge in [0.2, 0.25) is 5.91 Å². The zero-order valence-corrected chi connectivity index (χ0v) is 16.0. The number of aryl methyl sites for hydroxylation is 2. The number of unbranched alkanes of at least 4 members (excludes halogenated alkanes) is 1. The van der Waals surface area contributed by atoms with Gasteiger partial charge in [-0.15, -0.1) is 0 Å². The predicted octanol–water partition coefficient (Wildman–Crippen LogP) is 2.72. The van der Waals surface area contributed by atoms with Crippen molar-refractivity contribution in [3.05, 3.63) is 39.2 Å². The third-order valence-electron chi connectivity index (χ3n) is 4.69. The number of amides is 1. The maximum Gasteiger partial charge on any atom is 0.340 e. The smallest absolute Gasteiger partial charge is 0.340 e. The molecule has 0 fully saturated rings. The summed E-state index contributed by atoms with van der Waals surface area (Å²) in [7, 11) is 1.54. The number of carbonyl (C=O) groups excluding carboxylic acids is 1. The van der Waals surface area contributed by atoms with E-state index in [2.05, 4.69) is 5.32 Å². The summed E-state index contributed by atoms with van der Waals surface area (Å²) >= 11 is 0. The van der Waals surface area contributed by atoms with Crippen LogP contribution in [0.25, 0.3) is 11.0 Å². The van der Waals surface area contributed by atoms with Crippen molar-refractivity contribution in [2.45, 2.75) is 52.5 Å². The van der Waals surface area contributed by atoms with Gasteiger partial charge in [-0.05, 0) is 38.0 Å². The fraction of sp³-hybridized carbons (Fsp3) is 0.450. The molecule has 1 heterocycles. The van der Waals surface area contributed by atoms with Crippen LogP contribution in [0, 0.1) is 13.8 Å². The fourth-order valence-electron chi connectivity index (χ4n) is 3.07. The Morgan fingerprint density at radius 3 is 2.56 bits per heavy atom. The molecular weight excluding hydrogens is 350 g/mol. The third kappa shape index (κ3) is 4.48. The van der Waals surface area contributed by atoms with Gasteiger partial charge in [-0.25, -0.2) is 9.59 Å². The van der Waals surface area contributed by atoms with Gasteiger partial charge in [0.25, 0.3) is 0 Å². The number of carboxylic acids is 1. The Hall–Kier alpha value is -2.83. The van der Waals surface area contributed by atoms with Crippen LogP contribution in [0.2, 0.25) is 0 Å². The topological polar surface area (TPSA) is 106 Å². The minimum absolute atomic E-state index is 0.226. The van der Waals surface area contributed by atoms with Gasteiger partial charge in [0.1, 0.15) is 17.4 Å². The Balaban J connectivity index is 2.32. The summed E-state index contributed by atoms with van der Waals surface area (Å²) in [6.45, 7) is 5.49. The average molecular weight is 375 g/mol. The van der Waals surface area contributed by atoms with E-state index in [0.29, 0.717) is 35.3 Å². The number of ether oxygens (including phenoxy) is 1. The van der Waals surface area contributed by atoms with E-state index in [1.54, 1.807) is 26.0 Å². The first-order valence-electron chi connectivity index (χ1n) is 8.92. The first-order chi connectivity index (χ1) is 12.8. The van der Waals surface area contributed by atoms with E-state index in [9.17, 15) is 19.5 Å². The lowest BCUT2D eigenvalue weighted by Gasteiger charge is -2.15. The lowest BCUT2D eigenvalue weighted by Crippen LogP contribution is -2.42. The van der Waals surface area contributed by atoms with Crippen molar-refractivity contribution < 1.29 is 23.8 Å². The standard InChI is InChI=1S/C20H25NO6/c1-5-6-7-15(19(23)24)21-17(22)10-14-11(2)13-8-9-16(26-4)12(3)18(13)27-20(14)25/h8-9,15H,5-7,10H2,1-4H3,(H,21,22)(H,23,24)/t15-/m0/s1. The molecule has 0 radical (unpaired) electrons. The molecule has 146 valence electrons. The van der Waals surface area contributed by atoms with Crippen LogP contribution >= 0.6 is 0 Å². The highest BCUT2D eigenvalue weighted by atomic mass is 16.5. The van der Waals surface area contributed by atoms with Gasteiger partial charge in [0, 0.05) is 10.9 Å². The molecular formula is C20H25NO6. The quantitative estimate of drug-likeness (QED) is 0.687. The molecule has 27 heavy (non-hydrogen) atoms. The number of nitrogens with one attached hydrogen (secondary N) is 1. The van der Waals surface area contributed by atoms with E-state index < -0.39 is 23.5 Å². The summed E-state index contributed by atoms with van der Waals surface area (Å²) in [6, 6.07) is 2.60. The zero-order chi connectivity index (χ0) is 20.1. The second-order valence-corrected chi connectivity index (χ2v) is 6.54. The van der Waals surface area contributed by atoms with Gasteiger partial charge >= 0.3 is 11.6 Å². The summed E-state index contributed by atoms with van der Waals surface area (Å²) in [5.41, 5.74) is 1.39. The van der Waals surface area contributed by atoms with Crippen LogP contribution in [0.15, 0.2) is 21.3 Å². The van der Waals surface area contributed by atoms with Gasteiger partial charge in [-0.3, -0.25) is 4.79 Å². The summed E-state index contributed by atoms with van der Waals surface area (Å²) in [5.74, 6) is -0.990. The van der Waals surface area contributed by atoms with Gasteiger partial charge in [-0.2, -0.15) is 0 Å². The fourth-order valence-corrected chi connectivity index (χ4v) is 3.07. The maximum atomic E-state index is 12.4. The van der Waals surface area contributed by atoms with Crippen LogP contribution in [0.5, 0.6) is 5.75 Å². The van der Waals surface area contributed by atoms with E-state index in [0.717, 1.165) is 11.8 Å². The van der Waals surface area contributed by atoms with Gasteiger partial charge in [0.15, 0.2) is 0 Å². The molecule has 7 nitrogen and oxygen atoms in total. The Kier molecular flexibility index (Phi) is 6.60. The highest BCUT2D eigenvalue weighted by molar-refractivity contribution is 5.88. The number of carbonyl (C=O) groups is 2. The number of rotatable bonds is 8. The van der Waals surface area contributed by atoms with E-state index in [4.69, 9.17) is 9.15 Å². The molecule has 1 amide bonds. The third-order valence-corrected chi connectivity index (χ3v) is 4.69. The minimum Gasteiger partial charge on any atom is -0.496 e. The molecule has 0 unspecified atom stereocenters. The van der Waals surface area contributed by atoms with Gasteiger partial charge in [0.05, 0.1) is 19.1 Å². The summed E-state index contributed by atoms with van der Waals surface area (Å²) in [6.07, 6.45) is 1.64. The van der Waals surface area contributed by atoms with Crippen LogP contribution < -0.4 is 15.7 Å². The number of fused-ring (bicyclic) bond motifs is 1. The summed E-state index contributed by atoms with van der Waals surface area (Å²) in [4.78, 5) is 36.0. The van der Waals surface area contributed by atoms with Crippen molar-refractivity contribution in [3.8, 4) is 5.75 Å². The minimum atomic E-state index is -1.08. The molecule has 2 N–H and O–H groups in total. The number of hydrogen-bond donors (Lipinski definition) is 2. The number of methoxy groups -OCH3 is 1. The molecule has 0 spiro atoms. The number of carboxylic acid groups (broad SMARTS) is 1. The second kappa shape index (κ2) is 8.70. The lowest BCUT2D eigenvalue weighted by atomic mass is 10.0. The molecule has 0 saturated carbocycles. The highest BCUT2D eigenvalue weighted by Gasteiger charge is 2.22. The monoisotopic (exact) mass is 375 g/mol. The predicted molar refractivity (Wildman–Crippen MR) is 101 cm³/mol. The van der Waals surface area contributed by atoms with Crippen LogP contribution in [0.1, 0.15) is 42.9 Å². The van der Waals surface area contributed by atoms with Crippen LogP contribution in [-0.2, 0) is 16.0 Å². The lowest BCUT2D eigenvalue weighted by molar-refractivity contribution is -0.142. The molecule has 1 aromatic heterocycles. The molecule has 2 rings (SSSR count). The van der Waals surface area contributed by atoms with Crippen LogP contribution in [0.4, 0.5) is 0 Å². The Morgan fingerprint density at radius 2 is 1.96 bits per heavy atom. The molecule has 0 bridgehead atoms. The molecule has 0 aliphatic rings. The van der Waals surface area contributed by atoms with E-state index in [1.807, 2.05) is 6.92 Å². The van der Waals surface area contributed by atoms with E-state index in [-0.39, 0.29) is 12.0 Å². The first kappa shape index (κ1) is 20.5. The van der Waals surface area contributed by atoms with Crippen molar-refractivity contribution in [3.63, 3.8) is 0 Å². The normalized spacial score (nSPS) is 12.0. The van der Waals surface area contributed by atoms with E-state index in [1.165, 1.54) is 7.11 Å². The van der Waals surface area contributed by atoms with Crippen LogP contribution in [0.3, 0.4) is 0 Å². The zero-order valence-electron chi connectivity index (χ0n) is 16.0. The summed E-state index contributed by atoms with van der Waals surface area (Å²) < 4.78 is 10.7. The Bertz CT molecular complexity index is 915. The Morgan fingerprint density at radius 1 is 1.26 bits per heavy atom. The molecule has 1 aromatic carbocycles. The molecule has 1 atom stereocenters. The second-order valence-electron chi connectivity index (χ2n) is 6.54. The number of benzene rings is 1. The highest BCUT2D eigenvalue weighted by Crippen LogP contribution is 2.29. The van der Waals surface area contributed by atoms with Gasteiger partial charge in [-0.1, -0.05) is 19.8 Å². The maximum absolute atomic E-state index is 12.4. The SMILES string of the molecule is CCCC[C@H](NC(=O)Cc1c(C)c2ccc(OC)c(C)c2oc1=O)C(=O)O. The summed E-state index contributed by atoms with van der Waals surface area (Å²) in [5, 5.41) is 12.5. The largest absolute Gasteiger partial charge is 0.496 e. The number of aliphatic carboxylic acids is 1. The first-order valence-corrected chi connectivity index (χ1v) is 8.92. The van der Waals surface area contributed by atoms with Crippen molar-refractivity contribution in [2.75, 3.05) is 7.11 Å². The molecule has 0 aliphatic carbocycles.